The lowest BCUT2D eigenvalue weighted by molar-refractivity contribution is 0.604. The number of aromatic amines is 1. The van der Waals surface area contributed by atoms with Crippen molar-refractivity contribution in [1.29, 1.82) is 5.26 Å². The van der Waals surface area contributed by atoms with Crippen molar-refractivity contribution in [2.24, 2.45) is 4.99 Å². The highest BCUT2D eigenvalue weighted by atomic mass is 19.1. The quantitative estimate of drug-likeness (QED) is 0.479. The van der Waals surface area contributed by atoms with Gasteiger partial charge in [0.25, 0.3) is 0 Å². The minimum Gasteiger partial charge on any atom is -0.361 e. The van der Waals surface area contributed by atoms with E-state index in [2.05, 4.69) is 20.6 Å². The second kappa shape index (κ2) is 8.32. The molecular weight excluding hydrogens is 348 g/mol. The number of nitrogens with zero attached hydrogens (tertiary/aromatic N) is 2. The summed E-state index contributed by atoms with van der Waals surface area (Å²) in [6.45, 7) is 0.865. The van der Waals surface area contributed by atoms with Gasteiger partial charge in [0, 0.05) is 42.8 Å². The molecule has 138 valence electrons. The summed E-state index contributed by atoms with van der Waals surface area (Å²) in [5.74, 6) is -0.152. The molecule has 0 radical (unpaired) electrons. The molecule has 1 aromatic heterocycles. The zero-order valence-corrected chi connectivity index (χ0v) is 14.8. The highest BCUT2D eigenvalue weighted by Crippen LogP contribution is 2.19. The zero-order valence-electron chi connectivity index (χ0n) is 14.8. The second-order valence-corrected chi connectivity index (χ2v) is 6.02. The fraction of sp³-hybridized carbons (Fsp3) is 0.200. The second-order valence-electron chi connectivity index (χ2n) is 6.02. The summed E-state index contributed by atoms with van der Waals surface area (Å²) in [7, 11) is 1.64. The molecule has 27 heavy (non-hydrogen) atoms. The first-order valence-electron chi connectivity index (χ1n) is 8.49. The van der Waals surface area contributed by atoms with Crippen LogP contribution in [0.5, 0.6) is 0 Å². The van der Waals surface area contributed by atoms with Crippen molar-refractivity contribution in [2.45, 2.75) is 13.0 Å². The van der Waals surface area contributed by atoms with Gasteiger partial charge < -0.3 is 15.6 Å². The molecule has 0 saturated carbocycles. The van der Waals surface area contributed by atoms with E-state index in [-0.39, 0.29) is 17.9 Å². The van der Waals surface area contributed by atoms with Crippen molar-refractivity contribution in [3.8, 4) is 6.07 Å². The van der Waals surface area contributed by atoms with Gasteiger partial charge in [-0.25, -0.2) is 8.78 Å². The number of aliphatic imine (C=N–C) groups is 1. The average molecular weight is 367 g/mol. The zero-order chi connectivity index (χ0) is 19.2. The van der Waals surface area contributed by atoms with Gasteiger partial charge in [0.2, 0.25) is 0 Å². The highest BCUT2D eigenvalue weighted by Gasteiger charge is 2.07. The summed E-state index contributed by atoms with van der Waals surface area (Å²) in [6.07, 6.45) is 2.59. The Bertz CT molecular complexity index is 1020. The van der Waals surface area contributed by atoms with Crippen LogP contribution in [-0.2, 0) is 13.0 Å². The number of nitrogens with one attached hydrogen (secondary N) is 3. The molecule has 5 nitrogen and oxygen atoms in total. The monoisotopic (exact) mass is 367 g/mol. The van der Waals surface area contributed by atoms with E-state index >= 15 is 0 Å². The Hall–Kier alpha value is -3.40. The maximum absolute atomic E-state index is 13.9. The van der Waals surface area contributed by atoms with Gasteiger partial charge in [-0.1, -0.05) is 6.07 Å². The van der Waals surface area contributed by atoms with Crippen LogP contribution in [0.25, 0.3) is 10.9 Å². The molecule has 3 rings (SSSR count). The summed E-state index contributed by atoms with van der Waals surface area (Å²) in [5, 5.41) is 16.0. The molecule has 0 saturated heterocycles. The summed E-state index contributed by atoms with van der Waals surface area (Å²) >= 11 is 0. The van der Waals surface area contributed by atoms with Gasteiger partial charge in [-0.2, -0.15) is 5.26 Å². The average Bonchev–Trinajstić information content (AvgIpc) is 3.07. The molecule has 0 bridgehead atoms. The third-order valence-electron chi connectivity index (χ3n) is 4.27. The normalized spacial score (nSPS) is 11.4. The molecule has 3 N–H and O–H groups in total. The molecule has 7 heteroatoms. The van der Waals surface area contributed by atoms with Crippen LogP contribution in [0.4, 0.5) is 8.78 Å². The fourth-order valence-corrected chi connectivity index (χ4v) is 2.84. The molecule has 0 amide bonds. The van der Waals surface area contributed by atoms with Gasteiger partial charge in [0.15, 0.2) is 5.96 Å². The van der Waals surface area contributed by atoms with Crippen molar-refractivity contribution >= 4 is 16.9 Å². The van der Waals surface area contributed by atoms with Gasteiger partial charge >= 0.3 is 0 Å². The number of hydrogen-bond donors (Lipinski definition) is 3. The smallest absolute Gasteiger partial charge is 0.191 e. The molecular formula is C20H19F2N5. The van der Waals surface area contributed by atoms with Crippen LogP contribution in [0, 0.1) is 23.0 Å². The van der Waals surface area contributed by atoms with E-state index < -0.39 is 5.82 Å². The van der Waals surface area contributed by atoms with Gasteiger partial charge in [0.05, 0.1) is 11.6 Å². The first-order valence-corrected chi connectivity index (χ1v) is 8.49. The first kappa shape index (κ1) is 18.4. The molecule has 2 aromatic carbocycles. The third-order valence-corrected chi connectivity index (χ3v) is 4.27. The maximum atomic E-state index is 13.9. The number of guanidine groups is 1. The van der Waals surface area contributed by atoms with Crippen LogP contribution in [0.15, 0.2) is 47.6 Å². The Kier molecular flexibility index (Phi) is 5.67. The number of benzene rings is 2. The minimum absolute atomic E-state index is 0.254. The Morgan fingerprint density at radius 3 is 2.74 bits per heavy atom. The Morgan fingerprint density at radius 1 is 1.15 bits per heavy atom. The van der Waals surface area contributed by atoms with Crippen molar-refractivity contribution in [1.82, 2.24) is 15.6 Å². The minimum atomic E-state index is -0.428. The van der Waals surface area contributed by atoms with E-state index in [1.54, 1.807) is 25.2 Å². The van der Waals surface area contributed by atoms with E-state index in [0.29, 0.717) is 18.1 Å². The Balaban J connectivity index is 1.54. The summed E-state index contributed by atoms with van der Waals surface area (Å²) < 4.78 is 27.2. The van der Waals surface area contributed by atoms with Crippen molar-refractivity contribution in [3.63, 3.8) is 0 Å². The molecule has 0 aliphatic carbocycles. The number of rotatable bonds is 5. The lowest BCUT2D eigenvalue weighted by Crippen LogP contribution is -2.38. The van der Waals surface area contributed by atoms with E-state index in [9.17, 15) is 8.78 Å². The number of nitriles is 1. The summed E-state index contributed by atoms with van der Waals surface area (Å²) in [4.78, 5) is 7.19. The summed E-state index contributed by atoms with van der Waals surface area (Å²) in [5.41, 5.74) is 2.59. The van der Waals surface area contributed by atoms with Crippen LogP contribution in [0.1, 0.15) is 16.7 Å². The SMILES string of the molecule is CN=C(NCCc1c[nH]c2cc(F)ccc12)NCc1ccc(C#N)cc1F. The molecule has 0 aliphatic heterocycles. The molecule has 3 aromatic rings. The van der Waals surface area contributed by atoms with Crippen LogP contribution in [0.3, 0.4) is 0 Å². The van der Waals surface area contributed by atoms with Crippen molar-refractivity contribution in [2.75, 3.05) is 13.6 Å². The molecule has 0 spiro atoms. The van der Waals surface area contributed by atoms with E-state index in [4.69, 9.17) is 5.26 Å². The fourth-order valence-electron chi connectivity index (χ4n) is 2.84. The topological polar surface area (TPSA) is 76.0 Å². The van der Waals surface area contributed by atoms with Crippen LogP contribution in [-0.4, -0.2) is 24.5 Å². The number of halogens is 2. The maximum Gasteiger partial charge on any atom is 0.191 e. The summed E-state index contributed by atoms with van der Waals surface area (Å²) in [6, 6.07) is 11.0. The lowest BCUT2D eigenvalue weighted by Gasteiger charge is -2.12. The highest BCUT2D eigenvalue weighted by molar-refractivity contribution is 5.83. The molecule has 0 unspecified atom stereocenters. The van der Waals surface area contributed by atoms with Crippen LogP contribution in [0.2, 0.25) is 0 Å². The van der Waals surface area contributed by atoms with Crippen molar-refractivity contribution < 1.29 is 8.78 Å². The van der Waals surface area contributed by atoms with Crippen LogP contribution >= 0.6 is 0 Å². The van der Waals surface area contributed by atoms with E-state index in [0.717, 1.165) is 22.9 Å². The molecule has 0 fully saturated rings. The number of H-pyrrole nitrogens is 1. The predicted molar refractivity (Wildman–Crippen MR) is 101 cm³/mol. The third kappa shape index (κ3) is 4.42. The van der Waals surface area contributed by atoms with Gasteiger partial charge in [0.1, 0.15) is 11.6 Å². The van der Waals surface area contributed by atoms with Gasteiger partial charge in [-0.05, 0) is 42.3 Å². The van der Waals surface area contributed by atoms with Gasteiger partial charge in [-0.15, -0.1) is 0 Å². The number of fused-ring (bicyclic) bond motifs is 1. The molecule has 1 heterocycles. The Morgan fingerprint density at radius 2 is 2.00 bits per heavy atom. The van der Waals surface area contributed by atoms with E-state index in [1.165, 1.54) is 18.2 Å². The standard InChI is InChI=1S/C20H19F2N5/c1-24-20(27-12-15-3-2-13(10-23)8-18(15)22)25-7-6-14-11-26-19-9-16(21)4-5-17(14)19/h2-5,8-9,11,26H,6-7,12H2,1H3,(H2,24,25,27). The predicted octanol–water partition coefficient (Wildman–Crippen LogP) is 3.23. The van der Waals surface area contributed by atoms with E-state index in [1.807, 2.05) is 12.3 Å². The number of hydrogen-bond acceptors (Lipinski definition) is 2. The molecule has 0 atom stereocenters. The lowest BCUT2D eigenvalue weighted by atomic mass is 10.1. The molecule has 0 aliphatic rings. The number of aromatic nitrogens is 1. The first-order chi connectivity index (χ1) is 13.1. The largest absolute Gasteiger partial charge is 0.361 e. The van der Waals surface area contributed by atoms with Crippen LogP contribution < -0.4 is 10.6 Å². The van der Waals surface area contributed by atoms with Gasteiger partial charge in [-0.3, -0.25) is 4.99 Å². The van der Waals surface area contributed by atoms with Crippen molar-refractivity contribution in [3.05, 3.63) is 70.9 Å². The Labute approximate surface area is 155 Å².